The number of halogens is 2. The van der Waals surface area contributed by atoms with Crippen molar-refractivity contribution < 1.29 is 18.4 Å². The normalized spacial score (nSPS) is 18.3. The van der Waals surface area contributed by atoms with Crippen molar-refractivity contribution in [1.29, 1.82) is 0 Å². The van der Waals surface area contributed by atoms with E-state index in [0.717, 1.165) is 35.6 Å². The first-order chi connectivity index (χ1) is 9.58. The monoisotopic (exact) mass is 278 g/mol. The fourth-order valence-electron chi connectivity index (χ4n) is 2.44. The molecule has 0 radical (unpaired) electrons. The van der Waals surface area contributed by atoms with Crippen LogP contribution in [0.4, 0.5) is 8.78 Å². The third-order valence-electron chi connectivity index (χ3n) is 3.53. The summed E-state index contributed by atoms with van der Waals surface area (Å²) in [5, 5.41) is 3.13. The zero-order valence-corrected chi connectivity index (χ0v) is 10.6. The predicted molar refractivity (Wildman–Crippen MR) is 67.3 cm³/mol. The van der Waals surface area contributed by atoms with Gasteiger partial charge in [0.15, 0.2) is 11.6 Å². The third kappa shape index (κ3) is 2.02. The van der Waals surface area contributed by atoms with E-state index in [1.54, 1.807) is 0 Å². The molecule has 6 heteroatoms. The molecule has 3 rings (SSSR count). The standard InChI is InChI=1S/C14H12F2N2O2/c15-11-5-9-10(6-12(11)16)14(20)18(13(9)19)7-8-1-3-17-4-2-8/h1,5-6,17H,2-4,7H2. The Kier molecular flexibility index (Phi) is 3.10. The minimum absolute atomic E-state index is 0.0663. The van der Waals surface area contributed by atoms with Crippen molar-refractivity contribution in [2.45, 2.75) is 6.42 Å². The number of rotatable bonds is 2. The average Bonchev–Trinajstić information content (AvgIpc) is 2.66. The number of hydrogen-bond acceptors (Lipinski definition) is 3. The Labute approximate surface area is 114 Å². The van der Waals surface area contributed by atoms with Crippen molar-refractivity contribution >= 4 is 11.8 Å². The molecule has 4 nitrogen and oxygen atoms in total. The van der Waals surface area contributed by atoms with E-state index in [1.165, 1.54) is 0 Å². The van der Waals surface area contributed by atoms with Gasteiger partial charge >= 0.3 is 0 Å². The quantitative estimate of drug-likeness (QED) is 0.658. The minimum Gasteiger partial charge on any atom is -0.313 e. The van der Waals surface area contributed by atoms with E-state index in [2.05, 4.69) is 5.32 Å². The number of imide groups is 1. The second-order valence-corrected chi connectivity index (χ2v) is 4.82. The number of nitrogens with zero attached hydrogens (tertiary/aromatic N) is 1. The SMILES string of the molecule is O=C1c2cc(F)c(F)cc2C(=O)N1CC1=CCNCC1. The lowest BCUT2D eigenvalue weighted by molar-refractivity contribution is 0.0666. The van der Waals surface area contributed by atoms with Gasteiger partial charge in [0.2, 0.25) is 0 Å². The van der Waals surface area contributed by atoms with Gasteiger partial charge < -0.3 is 5.32 Å². The fourth-order valence-corrected chi connectivity index (χ4v) is 2.44. The van der Waals surface area contributed by atoms with Gasteiger partial charge in [-0.05, 0) is 25.1 Å². The lowest BCUT2D eigenvalue weighted by Crippen LogP contribution is -2.34. The first-order valence-corrected chi connectivity index (χ1v) is 6.32. The Hall–Kier alpha value is -2.08. The highest BCUT2D eigenvalue weighted by molar-refractivity contribution is 6.21. The molecule has 1 aromatic carbocycles. The molecule has 20 heavy (non-hydrogen) atoms. The van der Waals surface area contributed by atoms with Gasteiger partial charge in [0.05, 0.1) is 17.7 Å². The van der Waals surface area contributed by atoms with Crippen LogP contribution in [-0.2, 0) is 0 Å². The highest BCUT2D eigenvalue weighted by Gasteiger charge is 2.37. The van der Waals surface area contributed by atoms with Crippen LogP contribution >= 0.6 is 0 Å². The van der Waals surface area contributed by atoms with Gasteiger partial charge in [-0.3, -0.25) is 14.5 Å². The molecule has 0 saturated heterocycles. The molecule has 0 aliphatic carbocycles. The van der Waals surface area contributed by atoms with E-state index in [4.69, 9.17) is 0 Å². The van der Waals surface area contributed by atoms with Gasteiger partial charge in [0.25, 0.3) is 11.8 Å². The molecular weight excluding hydrogens is 266 g/mol. The van der Waals surface area contributed by atoms with Gasteiger partial charge in [-0.1, -0.05) is 11.6 Å². The highest BCUT2D eigenvalue weighted by Crippen LogP contribution is 2.26. The molecule has 0 bridgehead atoms. The van der Waals surface area contributed by atoms with Gasteiger partial charge in [-0.15, -0.1) is 0 Å². The van der Waals surface area contributed by atoms with Crippen LogP contribution in [0.3, 0.4) is 0 Å². The third-order valence-corrected chi connectivity index (χ3v) is 3.53. The summed E-state index contributed by atoms with van der Waals surface area (Å²) in [5.74, 6) is -3.37. The summed E-state index contributed by atoms with van der Waals surface area (Å²) in [5.41, 5.74) is 0.839. The topological polar surface area (TPSA) is 49.4 Å². The van der Waals surface area contributed by atoms with E-state index in [-0.39, 0.29) is 17.7 Å². The summed E-state index contributed by atoms with van der Waals surface area (Å²) in [7, 11) is 0. The number of carbonyl (C=O) groups excluding carboxylic acids is 2. The van der Waals surface area contributed by atoms with Crippen LogP contribution in [0, 0.1) is 11.6 Å². The Morgan fingerprint density at radius 3 is 2.20 bits per heavy atom. The van der Waals surface area contributed by atoms with E-state index in [9.17, 15) is 18.4 Å². The van der Waals surface area contributed by atoms with Gasteiger partial charge in [0, 0.05) is 6.54 Å². The maximum atomic E-state index is 13.2. The van der Waals surface area contributed by atoms with Crippen molar-refractivity contribution in [2.24, 2.45) is 0 Å². The van der Waals surface area contributed by atoms with E-state index in [0.29, 0.717) is 6.54 Å². The second-order valence-electron chi connectivity index (χ2n) is 4.82. The summed E-state index contributed by atoms with van der Waals surface area (Å²) >= 11 is 0. The zero-order valence-electron chi connectivity index (χ0n) is 10.6. The molecule has 0 atom stereocenters. The maximum Gasteiger partial charge on any atom is 0.261 e. The molecule has 1 aromatic rings. The van der Waals surface area contributed by atoms with E-state index < -0.39 is 23.4 Å². The Morgan fingerprint density at radius 1 is 1.10 bits per heavy atom. The molecule has 2 aliphatic heterocycles. The molecular formula is C14H12F2N2O2. The predicted octanol–water partition coefficient (Wildman–Crippen LogP) is 1.48. The Balaban J connectivity index is 1.91. The number of benzene rings is 1. The zero-order chi connectivity index (χ0) is 14.3. The van der Waals surface area contributed by atoms with Gasteiger partial charge in [0.1, 0.15) is 0 Å². The molecule has 104 valence electrons. The first kappa shape index (κ1) is 12.9. The highest BCUT2D eigenvalue weighted by atomic mass is 19.2. The van der Waals surface area contributed by atoms with Crippen LogP contribution in [0.1, 0.15) is 27.1 Å². The smallest absolute Gasteiger partial charge is 0.261 e. The van der Waals surface area contributed by atoms with Crippen LogP contribution in [0.2, 0.25) is 0 Å². The maximum absolute atomic E-state index is 13.2. The summed E-state index contributed by atoms with van der Waals surface area (Å²) in [6.45, 7) is 1.66. The fraction of sp³-hybridized carbons (Fsp3) is 0.286. The lowest BCUT2D eigenvalue weighted by Gasteiger charge is -2.19. The van der Waals surface area contributed by atoms with E-state index in [1.807, 2.05) is 6.08 Å². The largest absolute Gasteiger partial charge is 0.313 e. The molecule has 2 amide bonds. The van der Waals surface area contributed by atoms with Crippen molar-refractivity contribution in [3.05, 3.63) is 46.5 Å². The van der Waals surface area contributed by atoms with Crippen LogP contribution in [0.5, 0.6) is 0 Å². The number of nitrogens with one attached hydrogen (secondary N) is 1. The van der Waals surface area contributed by atoms with Gasteiger partial charge in [-0.25, -0.2) is 8.78 Å². The number of carbonyl (C=O) groups is 2. The van der Waals surface area contributed by atoms with Crippen LogP contribution in [-0.4, -0.2) is 36.3 Å². The van der Waals surface area contributed by atoms with E-state index >= 15 is 0 Å². The molecule has 0 saturated carbocycles. The van der Waals surface area contributed by atoms with Crippen LogP contribution < -0.4 is 5.32 Å². The minimum atomic E-state index is -1.12. The molecule has 2 heterocycles. The summed E-state index contributed by atoms with van der Waals surface area (Å²) in [6.07, 6.45) is 2.67. The molecule has 0 spiro atoms. The van der Waals surface area contributed by atoms with Crippen molar-refractivity contribution in [2.75, 3.05) is 19.6 Å². The van der Waals surface area contributed by atoms with Crippen molar-refractivity contribution in [3.8, 4) is 0 Å². The summed E-state index contributed by atoms with van der Waals surface area (Å²) in [4.78, 5) is 25.3. The Morgan fingerprint density at radius 2 is 1.70 bits per heavy atom. The second kappa shape index (κ2) is 4.79. The lowest BCUT2D eigenvalue weighted by atomic mass is 10.1. The number of hydrogen-bond donors (Lipinski definition) is 1. The molecule has 0 aromatic heterocycles. The Bertz CT molecular complexity index is 599. The first-order valence-electron chi connectivity index (χ1n) is 6.32. The van der Waals surface area contributed by atoms with Gasteiger partial charge in [-0.2, -0.15) is 0 Å². The average molecular weight is 278 g/mol. The summed E-state index contributed by atoms with van der Waals surface area (Å²) in [6, 6.07) is 1.59. The number of amides is 2. The molecule has 0 fully saturated rings. The molecule has 0 unspecified atom stereocenters. The van der Waals surface area contributed by atoms with Crippen LogP contribution in [0.25, 0.3) is 0 Å². The number of fused-ring (bicyclic) bond motifs is 1. The molecule has 2 aliphatic rings. The summed E-state index contributed by atoms with van der Waals surface area (Å²) < 4.78 is 26.4. The van der Waals surface area contributed by atoms with Crippen molar-refractivity contribution in [3.63, 3.8) is 0 Å². The van der Waals surface area contributed by atoms with Crippen LogP contribution in [0.15, 0.2) is 23.8 Å². The van der Waals surface area contributed by atoms with Crippen molar-refractivity contribution in [1.82, 2.24) is 10.2 Å². The molecule has 1 N–H and O–H groups in total.